The van der Waals surface area contributed by atoms with E-state index in [0.717, 1.165) is 67.9 Å². The van der Waals surface area contributed by atoms with E-state index in [4.69, 9.17) is 32.2 Å². The van der Waals surface area contributed by atoms with Crippen molar-refractivity contribution in [3.63, 3.8) is 0 Å². The number of unbranched alkanes of at least 4 members (excludes halogenated alkanes) is 18. The molecule has 4 heterocycles. The summed E-state index contributed by atoms with van der Waals surface area (Å²) in [5.41, 5.74) is 0.959. The normalized spacial score (nSPS) is 18.1. The molecule has 16 heteroatoms. The Hall–Kier alpha value is -2.57. The molecule has 0 saturated heterocycles. The molecule has 1 N–H and O–H groups in total. The van der Waals surface area contributed by atoms with E-state index in [9.17, 15) is 9.90 Å². The van der Waals surface area contributed by atoms with Gasteiger partial charge >= 0.3 is 18.9 Å². The summed E-state index contributed by atoms with van der Waals surface area (Å²) < 4.78 is 42.5. The molecule has 93 heavy (non-hydrogen) atoms. The second-order valence-electron chi connectivity index (χ2n) is 30.8. The molecule has 2 aromatic carbocycles. The van der Waals surface area contributed by atoms with E-state index >= 15 is 0 Å². The molecule has 3 atom stereocenters. The molecule has 4 aromatic rings. The predicted molar refractivity (Wildman–Crippen MR) is 404 cm³/mol. The molecular formula is C77H130ILiN2O9Si3. The van der Waals surface area contributed by atoms with Crippen molar-refractivity contribution >= 4 is 53.3 Å². The number of fused-ring (bicyclic) bond motifs is 2. The fourth-order valence-corrected chi connectivity index (χ4v) is 14.4. The second-order valence-corrected chi connectivity index (χ2v) is 46.3. The maximum atomic E-state index is 12.8. The van der Waals surface area contributed by atoms with Gasteiger partial charge in [-0.2, -0.15) is 6.42 Å². The van der Waals surface area contributed by atoms with Gasteiger partial charge in [-0.25, -0.2) is 0 Å². The quantitative estimate of drug-likeness (QED) is 0.0158. The average Bonchev–Trinajstić information content (AvgIpc) is 0.731. The van der Waals surface area contributed by atoms with E-state index in [-0.39, 0.29) is 29.7 Å². The van der Waals surface area contributed by atoms with Crippen molar-refractivity contribution < 1.29 is 61.0 Å². The van der Waals surface area contributed by atoms with Gasteiger partial charge in [-0.05, 0) is 152 Å². The summed E-state index contributed by atoms with van der Waals surface area (Å²) >= 11 is 2.47. The molecule has 2 aliphatic rings. The van der Waals surface area contributed by atoms with E-state index in [2.05, 4.69) is 148 Å². The van der Waals surface area contributed by atoms with Crippen molar-refractivity contribution in [3.05, 3.63) is 115 Å². The zero-order valence-electron chi connectivity index (χ0n) is 62.6. The second kappa shape index (κ2) is 41.7. The summed E-state index contributed by atoms with van der Waals surface area (Å²) in [6.07, 6.45) is 34.5. The van der Waals surface area contributed by atoms with Crippen LogP contribution in [0.1, 0.15) is 244 Å². The molecule has 2 aromatic heterocycles. The molecule has 0 amide bonds. The van der Waals surface area contributed by atoms with Gasteiger partial charge in [0.05, 0.1) is 30.6 Å². The van der Waals surface area contributed by atoms with Gasteiger partial charge in [-0.1, -0.05) is 200 Å². The fourth-order valence-electron chi connectivity index (χ4n) is 10.6. The summed E-state index contributed by atoms with van der Waals surface area (Å²) in [5, 5.41) is 13.3. The van der Waals surface area contributed by atoms with Crippen molar-refractivity contribution in [2.45, 2.75) is 288 Å². The first-order valence-corrected chi connectivity index (χ1v) is 45.4. The Morgan fingerprint density at radius 1 is 0.538 bits per heavy atom. The Morgan fingerprint density at radius 3 is 1.33 bits per heavy atom. The SMILES string of the molecule is CC(C)(C)[Si](C)(C)OCCCCCCCCCI.COc1ccc2c(c1)OCC(C)(c1cccnc1)C2(O)CCCCCCCCCO[Si](C)(C)C(C)(C)C.COc1ccc2c(c1)OCC(C)(c1cccnc1)C2=O.[CH2-]CCCCCCCCO[Si](C)(C)C(C)(C)C.[Li+]. The van der Waals surface area contributed by atoms with E-state index < -0.39 is 41.4 Å². The standard InChI is InChI=1S/C31H49NO4Si.C16H15NO3.C15H33IOSi.C15H33OSi.Li/c1-29(2,3)37(6,7)36-21-14-12-10-8-9-11-13-19-31(33)27-18-17-26(34-5)22-28(27)35-24-30(31,4)25-16-15-20-32-23-25;1-16(11-4-3-7-17-9-11)10-20-14-8-12(19-2)5-6-13(14)15(16)18;1-15(2,3)18(4,5)17-14-12-10-8-6-7-9-11-13-16;1-7-8-9-10-11-12-13-14-16-17(5,6)15(2,3)4;/h15-18,20,22-23,33H,8-14,19,21,24H2,1-7H3;3-9H,10H2,1-2H3;6-14H2,1-5H3;1,7-14H2,2-6H3;/q;;;-1;+1. The van der Waals surface area contributed by atoms with Gasteiger partial charge in [0.25, 0.3) is 0 Å². The number of ketones is 1. The van der Waals surface area contributed by atoms with Crippen molar-refractivity contribution in [2.24, 2.45) is 0 Å². The number of nitrogens with zero attached hydrogens (tertiary/aromatic N) is 2. The third-order valence-electron chi connectivity index (χ3n) is 20.5. The molecule has 522 valence electrons. The number of pyridine rings is 2. The number of benzene rings is 2. The molecule has 0 fully saturated rings. The van der Waals surface area contributed by atoms with Crippen LogP contribution in [-0.4, -0.2) is 97.5 Å². The average molecular weight is 1450 g/mol. The van der Waals surface area contributed by atoms with Crippen LogP contribution in [0.25, 0.3) is 0 Å². The number of aliphatic hydroxyl groups is 1. The van der Waals surface area contributed by atoms with Crippen LogP contribution in [0.3, 0.4) is 0 Å². The van der Waals surface area contributed by atoms with E-state index in [0.29, 0.717) is 52.5 Å². The van der Waals surface area contributed by atoms with Gasteiger partial charge in [-0.15, -0.1) is 0 Å². The van der Waals surface area contributed by atoms with Gasteiger partial charge in [0.2, 0.25) is 0 Å². The zero-order chi connectivity index (χ0) is 68.8. The molecule has 0 bridgehead atoms. The van der Waals surface area contributed by atoms with E-state index in [1.165, 1.54) is 114 Å². The summed E-state index contributed by atoms with van der Waals surface area (Å²) in [6.45, 7) is 46.1. The maximum Gasteiger partial charge on any atom is 1.00 e. The summed E-state index contributed by atoms with van der Waals surface area (Å²) in [6, 6.07) is 18.8. The zero-order valence-corrected chi connectivity index (χ0v) is 67.7. The third kappa shape index (κ3) is 27.6. The Bertz CT molecular complexity index is 2690. The van der Waals surface area contributed by atoms with Gasteiger partial charge in [0.1, 0.15) is 41.8 Å². The number of methoxy groups -OCH3 is 2. The molecule has 2 aliphatic heterocycles. The number of hydrogen-bond donors (Lipinski definition) is 1. The van der Waals surface area contributed by atoms with E-state index in [1.54, 1.807) is 51.0 Å². The molecular weight excluding hydrogens is 1310 g/mol. The summed E-state index contributed by atoms with van der Waals surface area (Å²) in [4.78, 5) is 21.2. The van der Waals surface area contributed by atoms with Crippen LogP contribution in [0.5, 0.6) is 23.0 Å². The van der Waals surface area contributed by atoms with Crippen molar-refractivity contribution in [1.29, 1.82) is 0 Å². The predicted octanol–water partition coefficient (Wildman–Crippen LogP) is 19.1. The Balaban J connectivity index is 0.000000450. The van der Waals surface area contributed by atoms with Gasteiger partial charge in [0.15, 0.2) is 30.7 Å². The van der Waals surface area contributed by atoms with Crippen LogP contribution in [-0.2, 0) is 29.7 Å². The van der Waals surface area contributed by atoms with Crippen LogP contribution >= 0.6 is 22.6 Å². The number of alkyl halides is 1. The smallest absolute Gasteiger partial charge is 0.497 e. The van der Waals surface area contributed by atoms with E-state index in [1.807, 2.05) is 55.6 Å². The Morgan fingerprint density at radius 2 is 0.925 bits per heavy atom. The number of halogens is 1. The van der Waals surface area contributed by atoms with Crippen LogP contribution in [0.15, 0.2) is 85.5 Å². The molecule has 11 nitrogen and oxygen atoms in total. The molecule has 0 radical (unpaired) electrons. The Labute approximate surface area is 597 Å². The first-order valence-electron chi connectivity index (χ1n) is 35.2. The van der Waals surface area contributed by atoms with Crippen LogP contribution < -0.4 is 37.8 Å². The van der Waals surface area contributed by atoms with Crippen LogP contribution in [0.4, 0.5) is 0 Å². The first kappa shape index (κ1) is 86.5. The van der Waals surface area contributed by atoms with Gasteiger partial charge < -0.3 is 44.3 Å². The minimum absolute atomic E-state index is 0. The van der Waals surface area contributed by atoms with Gasteiger partial charge in [0, 0.05) is 62.3 Å². The first-order chi connectivity index (χ1) is 43.2. The summed E-state index contributed by atoms with van der Waals surface area (Å²) in [5.74, 6) is 2.76. The van der Waals surface area contributed by atoms with Gasteiger partial charge in [-0.3, -0.25) is 14.8 Å². The third-order valence-corrected chi connectivity index (χ3v) is 34.9. The minimum Gasteiger partial charge on any atom is -0.497 e. The summed E-state index contributed by atoms with van der Waals surface area (Å²) in [7, 11) is -1.37. The van der Waals surface area contributed by atoms with Crippen LogP contribution in [0, 0.1) is 6.92 Å². The molecule has 3 unspecified atom stereocenters. The Kier molecular flexibility index (Phi) is 38.8. The van der Waals surface area contributed by atoms with Crippen molar-refractivity contribution in [1.82, 2.24) is 9.97 Å². The topological polar surface area (TPSA) is 128 Å². The molecule has 0 aliphatic carbocycles. The number of rotatable bonds is 34. The number of Topliss-reactive ketones (excluding diaryl/α,β-unsaturated/α-hetero) is 1. The molecule has 6 rings (SSSR count). The van der Waals surface area contributed by atoms with Crippen LogP contribution in [0.2, 0.25) is 54.4 Å². The fraction of sp³-hybridized carbons (Fsp3) is 0.688. The molecule has 0 saturated carbocycles. The maximum absolute atomic E-state index is 12.8. The largest absolute Gasteiger partial charge is 1.00 e. The monoisotopic (exact) mass is 1440 g/mol. The number of hydrogen-bond acceptors (Lipinski definition) is 11. The number of ether oxygens (including phenoxy) is 4. The number of carbonyl (C=O) groups is 1. The number of aromatic nitrogens is 2. The minimum atomic E-state index is -1.63. The van der Waals surface area contributed by atoms with Crippen molar-refractivity contribution in [3.8, 4) is 23.0 Å². The molecule has 0 spiro atoms. The van der Waals surface area contributed by atoms with Crippen molar-refractivity contribution in [2.75, 3.05) is 51.7 Å². The number of carbonyl (C=O) groups excluding carboxylic acids is 1.